The molecule has 0 aromatic heterocycles. The van der Waals surface area contributed by atoms with E-state index >= 15 is 0 Å². The number of rotatable bonds is 7. The van der Waals surface area contributed by atoms with Gasteiger partial charge in [0.1, 0.15) is 12.1 Å². The van der Waals surface area contributed by atoms with E-state index in [-0.39, 0.29) is 37.0 Å². The van der Waals surface area contributed by atoms with Gasteiger partial charge in [0, 0.05) is 37.9 Å². The van der Waals surface area contributed by atoms with E-state index in [1.807, 2.05) is 42.5 Å². The van der Waals surface area contributed by atoms with Crippen molar-refractivity contribution in [1.82, 2.24) is 15.5 Å². The van der Waals surface area contributed by atoms with Crippen LogP contribution in [0, 0.1) is 0 Å². The van der Waals surface area contributed by atoms with E-state index < -0.39 is 18.0 Å². The molecule has 2 aliphatic heterocycles. The van der Waals surface area contributed by atoms with Gasteiger partial charge < -0.3 is 19.7 Å². The number of alkyl carbamates (subject to hydrolysis) is 1. The van der Waals surface area contributed by atoms with Crippen LogP contribution >= 0.6 is 0 Å². The SMILES string of the molecule is O=C1CCC(N2Cc3ccc(CNC(=O)OC4CC(OCc5ccccc5)C4)cc3C2=O)C(=O)N1. The molecular weight excluding hydrogens is 450 g/mol. The van der Waals surface area contributed by atoms with Crippen LogP contribution in [0.4, 0.5) is 4.79 Å². The number of benzene rings is 2. The van der Waals surface area contributed by atoms with Crippen molar-refractivity contribution < 1.29 is 28.7 Å². The molecule has 35 heavy (non-hydrogen) atoms. The van der Waals surface area contributed by atoms with Crippen molar-refractivity contribution in [3.63, 3.8) is 0 Å². The van der Waals surface area contributed by atoms with Crippen molar-refractivity contribution in [2.45, 2.75) is 63.6 Å². The quantitative estimate of drug-likeness (QED) is 0.592. The fourth-order valence-corrected chi connectivity index (χ4v) is 4.62. The molecule has 1 saturated carbocycles. The van der Waals surface area contributed by atoms with Crippen molar-refractivity contribution >= 4 is 23.8 Å². The van der Waals surface area contributed by atoms with Gasteiger partial charge in [-0.25, -0.2) is 4.79 Å². The minimum absolute atomic E-state index is 0.0861. The summed E-state index contributed by atoms with van der Waals surface area (Å²) in [5.41, 5.74) is 3.21. The van der Waals surface area contributed by atoms with Gasteiger partial charge in [0.15, 0.2) is 0 Å². The van der Waals surface area contributed by atoms with Gasteiger partial charge in [-0.3, -0.25) is 19.7 Å². The molecule has 1 aliphatic carbocycles. The van der Waals surface area contributed by atoms with Crippen LogP contribution in [-0.4, -0.2) is 47.0 Å². The van der Waals surface area contributed by atoms with Gasteiger partial charge in [-0.2, -0.15) is 0 Å². The van der Waals surface area contributed by atoms with Crippen molar-refractivity contribution in [2.75, 3.05) is 0 Å². The number of amides is 4. The molecule has 4 amide bonds. The topological polar surface area (TPSA) is 114 Å². The highest BCUT2D eigenvalue weighted by atomic mass is 16.6. The summed E-state index contributed by atoms with van der Waals surface area (Å²) in [4.78, 5) is 50.2. The fourth-order valence-electron chi connectivity index (χ4n) is 4.62. The molecule has 1 saturated heterocycles. The van der Waals surface area contributed by atoms with Gasteiger partial charge in [-0.05, 0) is 29.2 Å². The van der Waals surface area contributed by atoms with Crippen LogP contribution in [0.25, 0.3) is 0 Å². The lowest BCUT2D eigenvalue weighted by Crippen LogP contribution is -2.52. The number of fused-ring (bicyclic) bond motifs is 1. The third kappa shape index (κ3) is 5.19. The van der Waals surface area contributed by atoms with E-state index in [1.165, 1.54) is 4.90 Å². The van der Waals surface area contributed by atoms with E-state index in [0.29, 0.717) is 38.0 Å². The third-order valence-electron chi connectivity index (χ3n) is 6.68. The van der Waals surface area contributed by atoms with Gasteiger partial charge in [-0.1, -0.05) is 42.5 Å². The number of hydrogen-bond donors (Lipinski definition) is 2. The number of carbonyl (C=O) groups is 4. The number of piperidine rings is 1. The van der Waals surface area contributed by atoms with Crippen LogP contribution in [-0.2, 0) is 38.8 Å². The van der Waals surface area contributed by atoms with E-state index in [0.717, 1.165) is 16.7 Å². The first kappa shape index (κ1) is 23.0. The molecule has 0 radical (unpaired) electrons. The second kappa shape index (κ2) is 9.87. The molecule has 2 N–H and O–H groups in total. The minimum Gasteiger partial charge on any atom is -0.446 e. The zero-order valence-corrected chi connectivity index (χ0v) is 19.2. The zero-order chi connectivity index (χ0) is 24.4. The predicted octanol–water partition coefficient (Wildman–Crippen LogP) is 2.42. The molecular formula is C26H27N3O6. The van der Waals surface area contributed by atoms with E-state index in [9.17, 15) is 19.2 Å². The molecule has 2 heterocycles. The highest BCUT2D eigenvalue weighted by Crippen LogP contribution is 2.29. The summed E-state index contributed by atoms with van der Waals surface area (Å²) in [6.45, 7) is 1.09. The van der Waals surface area contributed by atoms with Crippen LogP contribution in [0.2, 0.25) is 0 Å². The van der Waals surface area contributed by atoms with Gasteiger partial charge in [0.05, 0.1) is 12.7 Å². The Balaban J connectivity index is 1.07. The molecule has 1 unspecified atom stereocenters. The smallest absolute Gasteiger partial charge is 0.407 e. The number of imide groups is 1. The highest BCUT2D eigenvalue weighted by Gasteiger charge is 2.39. The minimum atomic E-state index is -0.646. The average Bonchev–Trinajstić information content (AvgIpc) is 3.15. The Morgan fingerprint density at radius 2 is 1.83 bits per heavy atom. The molecule has 2 fully saturated rings. The van der Waals surface area contributed by atoms with E-state index in [2.05, 4.69) is 10.6 Å². The van der Waals surface area contributed by atoms with Gasteiger partial charge in [0.25, 0.3) is 5.91 Å². The van der Waals surface area contributed by atoms with Crippen molar-refractivity contribution in [1.29, 1.82) is 0 Å². The zero-order valence-electron chi connectivity index (χ0n) is 19.2. The summed E-state index contributed by atoms with van der Waals surface area (Å²) in [6, 6.07) is 14.7. The van der Waals surface area contributed by atoms with Crippen LogP contribution in [0.5, 0.6) is 0 Å². The maximum Gasteiger partial charge on any atom is 0.407 e. The molecule has 1 atom stereocenters. The molecule has 5 rings (SSSR count). The van der Waals surface area contributed by atoms with Crippen molar-refractivity contribution in [3.05, 3.63) is 70.8 Å². The Bertz CT molecular complexity index is 1150. The van der Waals surface area contributed by atoms with Gasteiger partial charge in [0.2, 0.25) is 11.8 Å². The fraction of sp³-hybridized carbons (Fsp3) is 0.385. The highest BCUT2D eigenvalue weighted by molar-refractivity contribution is 6.05. The normalized spacial score (nSPS) is 23.4. The lowest BCUT2D eigenvalue weighted by molar-refractivity contribution is -0.136. The molecule has 182 valence electrons. The second-order valence-electron chi connectivity index (χ2n) is 9.16. The van der Waals surface area contributed by atoms with E-state index in [4.69, 9.17) is 9.47 Å². The van der Waals surface area contributed by atoms with Crippen molar-refractivity contribution in [3.8, 4) is 0 Å². The number of nitrogens with zero attached hydrogens (tertiary/aromatic N) is 1. The standard InChI is InChI=1S/C26H27N3O6/c30-23-9-8-22(24(31)28-23)29-14-18-7-6-17(10-21(18)25(29)32)13-27-26(33)35-20-11-19(12-20)34-15-16-4-2-1-3-5-16/h1-7,10,19-20,22H,8-9,11-15H2,(H,27,33)(H,28,30,31). The number of carbonyl (C=O) groups excluding carboxylic acids is 4. The van der Waals surface area contributed by atoms with Crippen LogP contribution in [0.15, 0.2) is 48.5 Å². The molecule has 0 bridgehead atoms. The number of hydrogen-bond acceptors (Lipinski definition) is 6. The molecule has 0 spiro atoms. The van der Waals surface area contributed by atoms with Crippen LogP contribution in [0.3, 0.4) is 0 Å². The lowest BCUT2D eigenvalue weighted by Gasteiger charge is -2.34. The largest absolute Gasteiger partial charge is 0.446 e. The summed E-state index contributed by atoms with van der Waals surface area (Å²) < 4.78 is 11.3. The first-order valence-corrected chi connectivity index (χ1v) is 11.8. The van der Waals surface area contributed by atoms with Gasteiger partial charge in [-0.15, -0.1) is 0 Å². The summed E-state index contributed by atoms with van der Waals surface area (Å²) in [7, 11) is 0. The first-order chi connectivity index (χ1) is 17.0. The Labute approximate surface area is 202 Å². The Kier molecular flexibility index (Phi) is 6.50. The summed E-state index contributed by atoms with van der Waals surface area (Å²) in [6.07, 6.45) is 1.29. The molecule has 9 heteroatoms. The number of nitrogens with one attached hydrogen (secondary N) is 2. The van der Waals surface area contributed by atoms with Crippen LogP contribution in [0.1, 0.15) is 52.7 Å². The summed E-state index contributed by atoms with van der Waals surface area (Å²) in [5.74, 6) is -0.988. The van der Waals surface area contributed by atoms with Crippen LogP contribution < -0.4 is 10.6 Å². The molecule has 9 nitrogen and oxygen atoms in total. The molecule has 3 aliphatic rings. The Hall–Kier alpha value is -3.72. The van der Waals surface area contributed by atoms with Gasteiger partial charge >= 0.3 is 6.09 Å². The Morgan fingerprint density at radius 1 is 1.03 bits per heavy atom. The van der Waals surface area contributed by atoms with E-state index in [1.54, 1.807) is 6.07 Å². The predicted molar refractivity (Wildman–Crippen MR) is 124 cm³/mol. The second-order valence-corrected chi connectivity index (χ2v) is 9.16. The summed E-state index contributed by atoms with van der Waals surface area (Å²) in [5, 5.41) is 5.03. The lowest BCUT2D eigenvalue weighted by atomic mass is 9.92. The maximum atomic E-state index is 12.9. The average molecular weight is 478 g/mol. The third-order valence-corrected chi connectivity index (χ3v) is 6.68. The molecule has 2 aromatic rings. The van der Waals surface area contributed by atoms with Crippen molar-refractivity contribution in [2.24, 2.45) is 0 Å². The first-order valence-electron chi connectivity index (χ1n) is 11.8. The Morgan fingerprint density at radius 3 is 2.60 bits per heavy atom. The number of ether oxygens (including phenoxy) is 2. The summed E-state index contributed by atoms with van der Waals surface area (Å²) >= 11 is 0. The maximum absolute atomic E-state index is 12.9. The molecule has 2 aromatic carbocycles. The monoisotopic (exact) mass is 477 g/mol.